The third-order valence-corrected chi connectivity index (χ3v) is 1.77. The predicted octanol–water partition coefficient (Wildman–Crippen LogP) is 3.58. The fraction of sp³-hybridized carbons (Fsp3) is 0.667. The highest BCUT2D eigenvalue weighted by atomic mass is 16.5. The zero-order chi connectivity index (χ0) is 10.8. The van der Waals surface area contributed by atoms with Crippen LogP contribution < -0.4 is 0 Å². The maximum atomic E-state index is 11.1. The molecule has 0 radical (unpaired) electrons. The first kappa shape index (κ1) is 13.0. The van der Waals surface area contributed by atoms with Gasteiger partial charge in [0.25, 0.3) is 0 Å². The number of carbonyl (C=O) groups is 1. The molecule has 0 aliphatic carbocycles. The van der Waals surface area contributed by atoms with Gasteiger partial charge in [-0.15, -0.1) is 0 Å². The highest BCUT2D eigenvalue weighted by Gasteiger charge is 1.99. The summed E-state index contributed by atoms with van der Waals surface area (Å²) in [5.74, 6) is -0.158. The second-order valence-corrected chi connectivity index (χ2v) is 3.56. The second kappa shape index (κ2) is 8.58. The van der Waals surface area contributed by atoms with E-state index in [1.54, 1.807) is 0 Å². The molecule has 0 spiro atoms. The SMILES string of the molecule is CCCCCCC(=O)OC=C=C(C)C. The van der Waals surface area contributed by atoms with Crippen LogP contribution in [0.15, 0.2) is 17.6 Å². The lowest BCUT2D eigenvalue weighted by atomic mass is 10.2. The maximum Gasteiger partial charge on any atom is 0.311 e. The Bertz CT molecular complexity index is 218. The molecule has 14 heavy (non-hydrogen) atoms. The van der Waals surface area contributed by atoms with Crippen LogP contribution in [-0.2, 0) is 9.53 Å². The van der Waals surface area contributed by atoms with Crippen molar-refractivity contribution in [3.05, 3.63) is 17.6 Å². The smallest absolute Gasteiger partial charge is 0.311 e. The first-order chi connectivity index (χ1) is 6.66. The number of unbranched alkanes of at least 4 members (excludes halogenated alkanes) is 3. The van der Waals surface area contributed by atoms with Crippen molar-refractivity contribution in [1.29, 1.82) is 0 Å². The number of rotatable bonds is 6. The molecule has 0 unspecified atom stereocenters. The molecule has 0 aliphatic rings. The van der Waals surface area contributed by atoms with Crippen molar-refractivity contribution in [3.8, 4) is 0 Å². The van der Waals surface area contributed by atoms with Crippen LogP contribution in [0.1, 0.15) is 52.9 Å². The van der Waals surface area contributed by atoms with Crippen molar-refractivity contribution in [2.75, 3.05) is 0 Å². The molecule has 0 N–H and O–H groups in total. The lowest BCUT2D eigenvalue weighted by molar-refractivity contribution is -0.138. The van der Waals surface area contributed by atoms with Gasteiger partial charge in [-0.05, 0) is 25.8 Å². The lowest BCUT2D eigenvalue weighted by Gasteiger charge is -1.97. The molecule has 0 aliphatic heterocycles. The Balaban J connectivity index is 3.52. The van der Waals surface area contributed by atoms with Crippen LogP contribution in [0, 0.1) is 0 Å². The van der Waals surface area contributed by atoms with Crippen molar-refractivity contribution in [1.82, 2.24) is 0 Å². The summed E-state index contributed by atoms with van der Waals surface area (Å²) in [6.45, 7) is 5.97. The van der Waals surface area contributed by atoms with Gasteiger partial charge in [0.15, 0.2) is 0 Å². The van der Waals surface area contributed by atoms with Crippen LogP contribution in [0.3, 0.4) is 0 Å². The molecular weight excluding hydrogens is 176 g/mol. The molecule has 0 rings (SSSR count). The summed E-state index contributed by atoms with van der Waals surface area (Å²) in [4.78, 5) is 11.1. The molecule has 0 saturated heterocycles. The summed E-state index contributed by atoms with van der Waals surface area (Å²) in [6.07, 6.45) is 6.27. The molecule has 0 atom stereocenters. The van der Waals surface area contributed by atoms with Crippen LogP contribution in [0.25, 0.3) is 0 Å². The summed E-state index contributed by atoms with van der Waals surface area (Å²) in [5, 5.41) is 0. The van der Waals surface area contributed by atoms with Gasteiger partial charge in [-0.2, -0.15) is 0 Å². The molecule has 0 amide bonds. The largest absolute Gasteiger partial charge is 0.426 e. The van der Waals surface area contributed by atoms with E-state index in [2.05, 4.69) is 12.7 Å². The molecular formula is C12H20O2. The van der Waals surface area contributed by atoms with Gasteiger partial charge in [0.2, 0.25) is 0 Å². The highest BCUT2D eigenvalue weighted by molar-refractivity contribution is 5.69. The van der Waals surface area contributed by atoms with E-state index in [0.717, 1.165) is 18.4 Å². The minimum atomic E-state index is -0.158. The summed E-state index contributed by atoms with van der Waals surface area (Å²) < 4.78 is 4.84. The summed E-state index contributed by atoms with van der Waals surface area (Å²) in [5.41, 5.74) is 3.83. The number of hydrogen-bond acceptors (Lipinski definition) is 2. The molecule has 2 nitrogen and oxygen atoms in total. The molecule has 0 heterocycles. The van der Waals surface area contributed by atoms with Crippen molar-refractivity contribution >= 4 is 5.97 Å². The second-order valence-electron chi connectivity index (χ2n) is 3.56. The standard InChI is InChI=1S/C12H20O2/c1-4-5-6-7-8-12(13)14-10-9-11(2)3/h10H,4-8H2,1-3H3. The Hall–Kier alpha value is -1.01. The zero-order valence-corrected chi connectivity index (χ0v) is 9.43. The van der Waals surface area contributed by atoms with Crippen LogP contribution in [0.2, 0.25) is 0 Å². The van der Waals surface area contributed by atoms with E-state index < -0.39 is 0 Å². The van der Waals surface area contributed by atoms with Gasteiger partial charge in [0, 0.05) is 6.42 Å². The van der Waals surface area contributed by atoms with Gasteiger partial charge in [-0.1, -0.05) is 31.9 Å². The van der Waals surface area contributed by atoms with E-state index in [1.807, 2.05) is 13.8 Å². The average molecular weight is 196 g/mol. The van der Waals surface area contributed by atoms with Crippen molar-refractivity contribution in [2.45, 2.75) is 52.9 Å². The molecule has 0 aromatic carbocycles. The van der Waals surface area contributed by atoms with Crippen LogP contribution in [-0.4, -0.2) is 5.97 Å². The fourth-order valence-corrected chi connectivity index (χ4v) is 0.968. The molecule has 80 valence electrons. The topological polar surface area (TPSA) is 26.3 Å². The van der Waals surface area contributed by atoms with Crippen LogP contribution in [0.5, 0.6) is 0 Å². The van der Waals surface area contributed by atoms with Crippen molar-refractivity contribution in [3.63, 3.8) is 0 Å². The van der Waals surface area contributed by atoms with Gasteiger partial charge in [0.05, 0.1) is 0 Å². The quantitative estimate of drug-likeness (QED) is 0.281. The zero-order valence-electron chi connectivity index (χ0n) is 9.43. The highest BCUT2D eigenvalue weighted by Crippen LogP contribution is 2.03. The Labute approximate surface area is 86.6 Å². The van der Waals surface area contributed by atoms with E-state index in [0.29, 0.717) is 6.42 Å². The minimum Gasteiger partial charge on any atom is -0.426 e. The van der Waals surface area contributed by atoms with E-state index >= 15 is 0 Å². The molecule has 0 saturated carbocycles. The van der Waals surface area contributed by atoms with Crippen LogP contribution >= 0.6 is 0 Å². The van der Waals surface area contributed by atoms with E-state index in [4.69, 9.17) is 4.74 Å². The first-order valence-corrected chi connectivity index (χ1v) is 5.24. The Morgan fingerprint density at radius 3 is 2.57 bits per heavy atom. The number of hydrogen-bond donors (Lipinski definition) is 0. The Morgan fingerprint density at radius 2 is 2.00 bits per heavy atom. The van der Waals surface area contributed by atoms with Crippen molar-refractivity contribution in [2.24, 2.45) is 0 Å². The first-order valence-electron chi connectivity index (χ1n) is 5.24. The molecule has 0 fully saturated rings. The number of allylic oxidation sites excluding steroid dienone is 1. The number of ether oxygens (including phenoxy) is 1. The van der Waals surface area contributed by atoms with Crippen LogP contribution in [0.4, 0.5) is 0 Å². The summed E-state index contributed by atoms with van der Waals surface area (Å²) >= 11 is 0. The average Bonchev–Trinajstić information content (AvgIpc) is 2.12. The lowest BCUT2D eigenvalue weighted by Crippen LogP contribution is -1.98. The Kier molecular flexibility index (Phi) is 7.96. The molecule has 0 aromatic rings. The summed E-state index contributed by atoms with van der Waals surface area (Å²) in [7, 11) is 0. The molecule has 0 bridgehead atoms. The van der Waals surface area contributed by atoms with Gasteiger partial charge in [-0.3, -0.25) is 4.79 Å². The normalized spacial score (nSPS) is 9.07. The fourth-order valence-electron chi connectivity index (χ4n) is 0.968. The maximum absolute atomic E-state index is 11.1. The van der Waals surface area contributed by atoms with E-state index in [1.165, 1.54) is 19.1 Å². The monoisotopic (exact) mass is 196 g/mol. The van der Waals surface area contributed by atoms with Gasteiger partial charge in [0.1, 0.15) is 6.26 Å². The summed E-state index contributed by atoms with van der Waals surface area (Å²) in [6, 6.07) is 0. The van der Waals surface area contributed by atoms with Crippen molar-refractivity contribution < 1.29 is 9.53 Å². The number of carbonyl (C=O) groups excluding carboxylic acids is 1. The molecule has 0 aromatic heterocycles. The minimum absolute atomic E-state index is 0.158. The van der Waals surface area contributed by atoms with Gasteiger partial charge < -0.3 is 4.74 Å². The predicted molar refractivity (Wildman–Crippen MR) is 57.8 cm³/mol. The number of esters is 1. The third-order valence-electron chi connectivity index (χ3n) is 1.77. The van der Waals surface area contributed by atoms with E-state index in [-0.39, 0.29) is 5.97 Å². The van der Waals surface area contributed by atoms with E-state index in [9.17, 15) is 4.79 Å². The molecule has 2 heteroatoms. The van der Waals surface area contributed by atoms with Gasteiger partial charge >= 0.3 is 5.97 Å². The third kappa shape index (κ3) is 9.08. The van der Waals surface area contributed by atoms with Gasteiger partial charge in [-0.25, -0.2) is 0 Å². The Morgan fingerprint density at radius 1 is 1.29 bits per heavy atom.